The van der Waals surface area contributed by atoms with Gasteiger partial charge in [-0.1, -0.05) is 39.7 Å². The number of ketones is 1. The molecule has 0 amide bonds. The number of ether oxygens (including phenoxy) is 2. The van der Waals surface area contributed by atoms with Crippen molar-refractivity contribution in [3.63, 3.8) is 0 Å². The number of nitrogens with one attached hydrogen (secondary N) is 1. The molecule has 17 atom stereocenters. The summed E-state index contributed by atoms with van der Waals surface area (Å²) < 4.78 is 14.0. The van der Waals surface area contributed by atoms with Crippen molar-refractivity contribution in [1.82, 2.24) is 5.32 Å². The Balaban J connectivity index is 1.03. The van der Waals surface area contributed by atoms with Crippen molar-refractivity contribution in [3.05, 3.63) is 34.7 Å². The number of rotatable bonds is 8. The van der Waals surface area contributed by atoms with Gasteiger partial charge in [-0.25, -0.2) is 0 Å². The van der Waals surface area contributed by atoms with E-state index < -0.39 is 39.8 Å². The fourth-order valence-electron chi connectivity index (χ4n) is 16.3. The number of aliphatic hydroxyl groups is 4. The molecule has 0 aromatic heterocycles. The van der Waals surface area contributed by atoms with Gasteiger partial charge in [0.25, 0.3) is 0 Å². The molecule has 7 fully saturated rings. The maximum atomic E-state index is 14.9. The van der Waals surface area contributed by atoms with Crippen LogP contribution in [0.5, 0.6) is 0 Å². The monoisotopic (exact) mass is 746 g/mol. The Morgan fingerprint density at radius 2 is 1.91 bits per heavy atom. The van der Waals surface area contributed by atoms with Gasteiger partial charge in [0.15, 0.2) is 5.78 Å². The van der Waals surface area contributed by atoms with Gasteiger partial charge in [-0.05, 0) is 154 Å². The summed E-state index contributed by atoms with van der Waals surface area (Å²) >= 11 is 0. The van der Waals surface area contributed by atoms with Crippen LogP contribution in [-0.2, 0) is 14.3 Å². The molecule has 1 spiro atoms. The third-order valence-corrected chi connectivity index (χ3v) is 18.9. The number of carbonyl (C=O) groups is 1. The second-order valence-corrected chi connectivity index (χ2v) is 21.2. The lowest BCUT2D eigenvalue weighted by Crippen LogP contribution is -2.71. The third kappa shape index (κ3) is 4.52. The maximum absolute atomic E-state index is 14.9. The lowest BCUT2D eigenvalue weighted by atomic mass is 9.32. The van der Waals surface area contributed by atoms with Crippen LogP contribution in [0, 0.1) is 63.6 Å². The van der Waals surface area contributed by atoms with Crippen LogP contribution >= 0.6 is 0 Å². The molecule has 3 heterocycles. The molecule has 54 heavy (non-hydrogen) atoms. The Morgan fingerprint density at radius 3 is 2.67 bits per heavy atom. The van der Waals surface area contributed by atoms with Crippen molar-refractivity contribution in [2.45, 2.75) is 153 Å². The Morgan fingerprint density at radius 1 is 1.09 bits per heavy atom. The van der Waals surface area contributed by atoms with Gasteiger partial charge in [-0.2, -0.15) is 0 Å². The van der Waals surface area contributed by atoms with Crippen LogP contribution in [0.3, 0.4) is 0 Å². The second kappa shape index (κ2) is 11.9. The molecule has 7 aliphatic carbocycles. The van der Waals surface area contributed by atoms with Crippen molar-refractivity contribution >= 4 is 5.78 Å². The van der Waals surface area contributed by atoms with E-state index in [-0.39, 0.29) is 47.6 Å². The zero-order valence-corrected chi connectivity index (χ0v) is 33.1. The van der Waals surface area contributed by atoms with E-state index in [1.165, 1.54) is 6.42 Å². The van der Waals surface area contributed by atoms with Crippen LogP contribution in [0.2, 0.25) is 0 Å². The standard InChI is InChI=1S/C45H66N2O7/c1-24-11-15-53-44(21-24,39-38(54-39)42(4,51)40(2,23-48)13-9-25-10-14-47-34(46)16-25)33-18-28-7-8-30-36-35-27(22-41(33,3)45(28,36)52)17-26-6-5-12-43(35)31(26)19-29(49)20-32(43)37(30)50/h10,16,24,26-29,31-33,35,38-39,47-49,51-52H,5-9,11-15,17-23,46H2,1-4H3/t24-,26+,27-,28-,29+,31+,32+,33+,35+,38+,39+,40+,41-,42+,43+,44-,45-/m1/s1. The van der Waals surface area contributed by atoms with Crippen LogP contribution in [0.25, 0.3) is 0 Å². The highest BCUT2D eigenvalue weighted by atomic mass is 16.6. The summed E-state index contributed by atoms with van der Waals surface area (Å²) in [5.74, 6) is 2.72. The molecule has 5 saturated carbocycles. The summed E-state index contributed by atoms with van der Waals surface area (Å²) in [5.41, 5.74) is 4.61. The summed E-state index contributed by atoms with van der Waals surface area (Å²) in [6, 6.07) is 0. The van der Waals surface area contributed by atoms with E-state index in [0.717, 1.165) is 80.9 Å². The molecule has 2 bridgehead atoms. The molecule has 0 radical (unpaired) electrons. The first kappa shape index (κ1) is 36.6. The van der Waals surface area contributed by atoms with Gasteiger partial charge in [0.2, 0.25) is 0 Å². The van der Waals surface area contributed by atoms with E-state index in [1.54, 1.807) is 0 Å². The number of aliphatic hydroxyl groups excluding tert-OH is 2. The molecule has 0 unspecified atom stereocenters. The zero-order valence-electron chi connectivity index (χ0n) is 33.1. The largest absolute Gasteiger partial charge is 0.396 e. The van der Waals surface area contributed by atoms with E-state index in [2.05, 4.69) is 25.2 Å². The van der Waals surface area contributed by atoms with Crippen molar-refractivity contribution in [2.75, 3.05) is 19.8 Å². The van der Waals surface area contributed by atoms with Gasteiger partial charge in [0, 0.05) is 29.9 Å². The quantitative estimate of drug-likeness (QED) is 0.187. The number of Topliss-reactive ketones (excluding diaryl/α,β-unsaturated/α-hetero) is 1. The van der Waals surface area contributed by atoms with Crippen molar-refractivity contribution < 1.29 is 34.7 Å². The van der Waals surface area contributed by atoms with E-state index >= 15 is 0 Å². The van der Waals surface area contributed by atoms with Gasteiger partial charge in [0.05, 0.1) is 29.7 Å². The molecule has 0 aromatic rings. The SMILES string of the molecule is C[C@@H]1CCO[C@]([C@H]2C[C@H]3CCC4=C5[C@@H]6[C@H](C[C@@H]7CCC[C@]68[C@@H](C[C@@H](O)C[C@@H]78)C4=O)C[C@@]2(C)[C@]53O)([C@H]2O[C@@H]2[C@](C)(O)[C@](C)(CO)CCC2=CCNC(N)=C2)C1. The molecular weight excluding hydrogens is 681 g/mol. The molecule has 3 aliphatic heterocycles. The van der Waals surface area contributed by atoms with Crippen LogP contribution in [-0.4, -0.2) is 81.1 Å². The predicted octanol–water partition coefficient (Wildman–Crippen LogP) is 5.06. The van der Waals surface area contributed by atoms with Gasteiger partial charge >= 0.3 is 0 Å². The lowest BCUT2D eigenvalue weighted by Gasteiger charge is -2.72. The van der Waals surface area contributed by atoms with Crippen LogP contribution in [0.4, 0.5) is 0 Å². The van der Waals surface area contributed by atoms with Gasteiger partial charge in [0.1, 0.15) is 17.8 Å². The van der Waals surface area contributed by atoms with Crippen molar-refractivity contribution in [2.24, 2.45) is 69.3 Å². The Bertz CT molecular complexity index is 1710. The minimum atomic E-state index is -1.34. The van der Waals surface area contributed by atoms with Crippen molar-refractivity contribution in [3.8, 4) is 0 Å². The first-order valence-corrected chi connectivity index (χ1v) is 21.9. The van der Waals surface area contributed by atoms with E-state index in [9.17, 15) is 25.2 Å². The molecule has 9 heteroatoms. The molecule has 298 valence electrons. The first-order valence-electron chi connectivity index (χ1n) is 21.9. The van der Waals surface area contributed by atoms with E-state index in [0.29, 0.717) is 61.9 Å². The number of hydrogen-bond donors (Lipinski definition) is 6. The minimum Gasteiger partial charge on any atom is -0.396 e. The zero-order chi connectivity index (χ0) is 37.8. The second-order valence-electron chi connectivity index (χ2n) is 21.2. The van der Waals surface area contributed by atoms with Crippen LogP contribution in [0.15, 0.2) is 34.7 Å². The molecule has 10 aliphatic rings. The summed E-state index contributed by atoms with van der Waals surface area (Å²) in [7, 11) is 0. The molecule has 2 saturated heterocycles. The average Bonchev–Trinajstić information content (AvgIpc) is 3.91. The fourth-order valence-corrected chi connectivity index (χ4v) is 16.3. The number of epoxide rings is 1. The number of allylic oxidation sites excluding steroid dienone is 3. The highest BCUT2D eigenvalue weighted by molar-refractivity contribution is 6.00. The summed E-state index contributed by atoms with van der Waals surface area (Å²) in [4.78, 5) is 14.9. The molecule has 10 rings (SSSR count). The highest BCUT2D eigenvalue weighted by Gasteiger charge is 2.80. The van der Waals surface area contributed by atoms with E-state index in [1.807, 2.05) is 19.9 Å². The summed E-state index contributed by atoms with van der Waals surface area (Å²) in [5, 5.41) is 51.7. The fraction of sp³-hybridized carbons (Fsp3) is 0.844. The van der Waals surface area contributed by atoms with Crippen LogP contribution in [0.1, 0.15) is 118 Å². The Kier molecular flexibility index (Phi) is 8.07. The Labute approximate surface area is 321 Å². The topological polar surface area (TPSA) is 158 Å². The first-order chi connectivity index (χ1) is 25.6. The molecular formula is C45H66N2O7. The average molecular weight is 747 g/mol. The van der Waals surface area contributed by atoms with Gasteiger partial charge in [-0.3, -0.25) is 4.79 Å². The number of dihydropyridines is 1. The minimum absolute atomic E-state index is 0.00851. The van der Waals surface area contributed by atoms with Gasteiger partial charge < -0.3 is 41.0 Å². The summed E-state index contributed by atoms with van der Waals surface area (Å²) in [6.45, 7) is 9.60. The Hall–Kier alpha value is -1.75. The number of carbonyl (C=O) groups excluding carboxylic acids is 1. The maximum Gasteiger partial charge on any atom is 0.162 e. The smallest absolute Gasteiger partial charge is 0.162 e. The molecule has 0 aromatic carbocycles. The van der Waals surface area contributed by atoms with Crippen molar-refractivity contribution in [1.29, 1.82) is 0 Å². The van der Waals surface area contributed by atoms with Gasteiger partial charge in [-0.15, -0.1) is 0 Å². The predicted molar refractivity (Wildman–Crippen MR) is 203 cm³/mol. The lowest BCUT2D eigenvalue weighted by molar-refractivity contribution is -0.232. The number of nitrogens with two attached hydrogens (primary N) is 1. The van der Waals surface area contributed by atoms with Crippen LogP contribution < -0.4 is 11.1 Å². The normalized spacial score (nSPS) is 52.3. The number of hydrogen-bond acceptors (Lipinski definition) is 9. The third-order valence-electron chi connectivity index (χ3n) is 18.9. The summed E-state index contributed by atoms with van der Waals surface area (Å²) in [6.07, 6.45) is 15.0. The van der Waals surface area contributed by atoms with E-state index in [4.69, 9.17) is 15.2 Å². The molecule has 9 nitrogen and oxygen atoms in total. The molecule has 7 N–H and O–H groups in total. The highest BCUT2D eigenvalue weighted by Crippen LogP contribution is 2.80.